The van der Waals surface area contributed by atoms with Gasteiger partial charge in [-0.15, -0.1) is 0 Å². The van der Waals surface area contributed by atoms with E-state index < -0.39 is 0 Å². The molecule has 0 radical (unpaired) electrons. The second kappa shape index (κ2) is 6.06. The molecule has 1 aliphatic rings. The Kier molecular flexibility index (Phi) is 4.43. The van der Waals surface area contributed by atoms with Crippen molar-refractivity contribution in [2.45, 2.75) is 32.9 Å². The molecule has 0 saturated carbocycles. The molecule has 3 heteroatoms. The molecule has 1 aromatic rings. The normalized spacial score (nSPS) is 17.8. The average molecular weight is 222 g/mol. The van der Waals surface area contributed by atoms with Gasteiger partial charge in [-0.2, -0.15) is 0 Å². The number of nitrogens with one attached hydrogen (secondary N) is 1. The van der Waals surface area contributed by atoms with E-state index in [9.17, 15) is 0 Å². The van der Waals surface area contributed by atoms with E-state index in [2.05, 4.69) is 35.3 Å². The van der Waals surface area contributed by atoms with E-state index in [0.29, 0.717) is 0 Å². The van der Waals surface area contributed by atoms with E-state index in [1.54, 1.807) is 0 Å². The third-order valence-corrected chi connectivity index (χ3v) is 3.28. The quantitative estimate of drug-likeness (QED) is 0.825. The molecule has 0 atom stereocenters. The van der Waals surface area contributed by atoms with Gasteiger partial charge in [0.2, 0.25) is 0 Å². The summed E-state index contributed by atoms with van der Waals surface area (Å²) in [4.78, 5) is 0. The van der Waals surface area contributed by atoms with E-state index in [0.717, 1.165) is 38.8 Å². The minimum Gasteiger partial charge on any atom is -0.381 e. The zero-order valence-corrected chi connectivity index (χ0v) is 10.1. The maximum Gasteiger partial charge on any atom is 0.0469 e. The molecule has 3 nitrogen and oxygen atoms in total. The molecule has 0 unspecified atom stereocenters. The second-order valence-electron chi connectivity index (χ2n) is 4.54. The smallest absolute Gasteiger partial charge is 0.0469 e. The lowest BCUT2D eigenvalue weighted by molar-refractivity contribution is 0.0662. The van der Waals surface area contributed by atoms with Gasteiger partial charge in [0.05, 0.1) is 0 Å². The Morgan fingerprint density at radius 1 is 1.44 bits per heavy atom. The molecule has 2 heterocycles. The van der Waals surface area contributed by atoms with Crippen molar-refractivity contribution >= 4 is 0 Å². The fraction of sp³-hybridized carbons (Fsp3) is 0.692. The summed E-state index contributed by atoms with van der Waals surface area (Å²) in [5.41, 5.74) is 1.38. The van der Waals surface area contributed by atoms with Crippen molar-refractivity contribution in [1.82, 2.24) is 9.88 Å². The van der Waals surface area contributed by atoms with Crippen LogP contribution in [0.5, 0.6) is 0 Å². The third kappa shape index (κ3) is 3.35. The Balaban J connectivity index is 1.66. The second-order valence-corrected chi connectivity index (χ2v) is 4.54. The van der Waals surface area contributed by atoms with Crippen LogP contribution in [-0.2, 0) is 17.8 Å². The van der Waals surface area contributed by atoms with Gasteiger partial charge >= 0.3 is 0 Å². The molecule has 1 N–H and O–H groups in total. The van der Waals surface area contributed by atoms with Crippen LogP contribution in [0.1, 0.15) is 25.3 Å². The monoisotopic (exact) mass is 222 g/mol. The summed E-state index contributed by atoms with van der Waals surface area (Å²) in [5.74, 6) is 0.807. The fourth-order valence-corrected chi connectivity index (χ4v) is 2.16. The van der Waals surface area contributed by atoms with Crippen LogP contribution >= 0.6 is 0 Å². The van der Waals surface area contributed by atoms with Crippen molar-refractivity contribution in [1.29, 1.82) is 0 Å². The molecule has 1 aromatic heterocycles. The van der Waals surface area contributed by atoms with Crippen molar-refractivity contribution in [3.63, 3.8) is 0 Å². The van der Waals surface area contributed by atoms with Crippen LogP contribution < -0.4 is 5.32 Å². The van der Waals surface area contributed by atoms with E-state index in [1.807, 2.05) is 0 Å². The van der Waals surface area contributed by atoms with Crippen molar-refractivity contribution in [3.05, 3.63) is 24.0 Å². The van der Waals surface area contributed by atoms with Gasteiger partial charge in [0.15, 0.2) is 0 Å². The summed E-state index contributed by atoms with van der Waals surface area (Å²) >= 11 is 0. The minimum absolute atomic E-state index is 0.807. The Labute approximate surface area is 97.8 Å². The van der Waals surface area contributed by atoms with Gasteiger partial charge in [-0.25, -0.2) is 0 Å². The largest absolute Gasteiger partial charge is 0.381 e. The van der Waals surface area contributed by atoms with E-state index >= 15 is 0 Å². The molecule has 1 aliphatic heterocycles. The van der Waals surface area contributed by atoms with Gasteiger partial charge < -0.3 is 14.6 Å². The van der Waals surface area contributed by atoms with Crippen molar-refractivity contribution in [2.24, 2.45) is 5.92 Å². The molecular formula is C13H22N2O. The third-order valence-electron chi connectivity index (χ3n) is 3.28. The number of aromatic nitrogens is 1. The summed E-state index contributed by atoms with van der Waals surface area (Å²) in [6.07, 6.45) is 6.79. The zero-order chi connectivity index (χ0) is 11.2. The predicted octanol–water partition coefficient (Wildman–Crippen LogP) is 2.02. The Morgan fingerprint density at radius 3 is 2.94 bits per heavy atom. The van der Waals surface area contributed by atoms with Crippen LogP contribution in [-0.4, -0.2) is 24.3 Å². The first-order chi connectivity index (χ1) is 7.88. The number of hydrogen-bond acceptors (Lipinski definition) is 2. The van der Waals surface area contributed by atoms with Crippen LogP contribution in [0.2, 0.25) is 0 Å². The minimum atomic E-state index is 0.807. The summed E-state index contributed by atoms with van der Waals surface area (Å²) in [6.45, 7) is 7.22. The van der Waals surface area contributed by atoms with Crippen molar-refractivity contribution in [2.75, 3.05) is 19.8 Å². The maximum atomic E-state index is 5.35. The molecule has 16 heavy (non-hydrogen) atoms. The number of hydrogen-bond donors (Lipinski definition) is 1. The van der Waals surface area contributed by atoms with Crippen molar-refractivity contribution in [3.8, 4) is 0 Å². The first-order valence-electron chi connectivity index (χ1n) is 6.31. The Morgan fingerprint density at radius 2 is 2.25 bits per heavy atom. The molecule has 0 aromatic carbocycles. The SMILES string of the molecule is CCn1ccc(CNCC2CCOCC2)c1. The van der Waals surface area contributed by atoms with E-state index in [1.165, 1.54) is 18.4 Å². The lowest BCUT2D eigenvalue weighted by Gasteiger charge is -2.22. The van der Waals surface area contributed by atoms with E-state index in [-0.39, 0.29) is 0 Å². The molecule has 1 fully saturated rings. The predicted molar refractivity (Wildman–Crippen MR) is 65.4 cm³/mol. The molecule has 0 amide bonds. The van der Waals surface area contributed by atoms with Crippen LogP contribution in [0.4, 0.5) is 0 Å². The lowest BCUT2D eigenvalue weighted by Crippen LogP contribution is -2.27. The van der Waals surface area contributed by atoms with Crippen molar-refractivity contribution < 1.29 is 4.74 Å². The first kappa shape index (κ1) is 11.7. The Hall–Kier alpha value is -0.800. The van der Waals surface area contributed by atoms with Gasteiger partial charge in [0, 0.05) is 38.7 Å². The summed E-state index contributed by atoms with van der Waals surface area (Å²) in [5, 5.41) is 3.54. The Bertz CT molecular complexity index is 303. The first-order valence-corrected chi connectivity index (χ1v) is 6.31. The highest BCUT2D eigenvalue weighted by molar-refractivity contribution is 5.09. The number of aryl methyl sites for hydroxylation is 1. The van der Waals surface area contributed by atoms with Gasteiger partial charge in [-0.3, -0.25) is 0 Å². The number of nitrogens with zero attached hydrogens (tertiary/aromatic N) is 1. The van der Waals surface area contributed by atoms with Gasteiger partial charge in [-0.1, -0.05) is 0 Å². The molecule has 2 rings (SSSR count). The van der Waals surface area contributed by atoms with Crippen LogP contribution in [0.15, 0.2) is 18.5 Å². The van der Waals surface area contributed by atoms with Crippen LogP contribution in [0, 0.1) is 5.92 Å². The zero-order valence-electron chi connectivity index (χ0n) is 10.1. The topological polar surface area (TPSA) is 26.2 Å². The standard InChI is InChI=1S/C13H22N2O/c1-2-15-6-3-13(11-15)10-14-9-12-4-7-16-8-5-12/h3,6,11-12,14H,2,4-5,7-10H2,1H3. The highest BCUT2D eigenvalue weighted by atomic mass is 16.5. The van der Waals surface area contributed by atoms with Gasteiger partial charge in [0.25, 0.3) is 0 Å². The highest BCUT2D eigenvalue weighted by Gasteiger charge is 2.12. The maximum absolute atomic E-state index is 5.35. The summed E-state index contributed by atoms with van der Waals surface area (Å²) in [6, 6.07) is 2.19. The van der Waals surface area contributed by atoms with Gasteiger partial charge in [-0.05, 0) is 43.9 Å². The molecule has 0 spiro atoms. The lowest BCUT2D eigenvalue weighted by atomic mass is 10.0. The summed E-state index contributed by atoms with van der Waals surface area (Å²) < 4.78 is 7.56. The number of ether oxygens (including phenoxy) is 1. The summed E-state index contributed by atoms with van der Waals surface area (Å²) in [7, 11) is 0. The highest BCUT2D eigenvalue weighted by Crippen LogP contribution is 2.13. The molecule has 1 saturated heterocycles. The molecule has 90 valence electrons. The fourth-order valence-electron chi connectivity index (χ4n) is 2.16. The van der Waals surface area contributed by atoms with Gasteiger partial charge in [0.1, 0.15) is 0 Å². The number of rotatable bonds is 5. The molecule has 0 bridgehead atoms. The molecule has 0 aliphatic carbocycles. The van der Waals surface area contributed by atoms with E-state index in [4.69, 9.17) is 4.74 Å². The van der Waals surface area contributed by atoms with Crippen LogP contribution in [0.25, 0.3) is 0 Å². The average Bonchev–Trinajstić information content (AvgIpc) is 2.78. The molecular weight excluding hydrogens is 200 g/mol. The van der Waals surface area contributed by atoms with Crippen LogP contribution in [0.3, 0.4) is 0 Å².